The summed E-state index contributed by atoms with van der Waals surface area (Å²) in [5.41, 5.74) is 7.58. The molecule has 0 aliphatic carbocycles. The van der Waals surface area contributed by atoms with Gasteiger partial charge in [-0.25, -0.2) is 4.98 Å². The molecule has 0 spiro atoms. The molecule has 3 rings (SSSR count). The summed E-state index contributed by atoms with van der Waals surface area (Å²) < 4.78 is 10.8. The minimum Gasteiger partial charge on any atom is -0.497 e. The normalized spacial score (nSPS) is 11.1. The van der Waals surface area contributed by atoms with Crippen LogP contribution in [0.25, 0.3) is 21.8 Å². The molecule has 0 unspecified atom stereocenters. The molecule has 0 saturated carbocycles. The van der Waals surface area contributed by atoms with Crippen LogP contribution in [-0.2, 0) is 0 Å². The maximum Gasteiger partial charge on any atom is 0.119 e. The minimum absolute atomic E-state index is 0.736. The zero-order valence-electron chi connectivity index (χ0n) is 14.0. The molecule has 2 N–H and O–H groups in total. The molecule has 0 atom stereocenters. The Balaban J connectivity index is 2.16. The van der Waals surface area contributed by atoms with Crippen molar-refractivity contribution in [2.24, 2.45) is 5.73 Å². The third-order valence-electron chi connectivity index (χ3n) is 3.98. The summed E-state index contributed by atoms with van der Waals surface area (Å²) in [6, 6.07) is 12.1. The summed E-state index contributed by atoms with van der Waals surface area (Å²) in [4.78, 5) is 6.02. The SMILES string of the molecule is COc1ccc2nc3ccc(OC)cc3c(SCCCCN)c2c1. The Morgan fingerprint density at radius 2 is 1.50 bits per heavy atom. The van der Waals surface area contributed by atoms with Crippen LogP contribution in [0.15, 0.2) is 41.3 Å². The second-order valence-electron chi connectivity index (χ2n) is 5.55. The number of methoxy groups -OCH3 is 2. The van der Waals surface area contributed by atoms with Gasteiger partial charge in [0.05, 0.1) is 25.3 Å². The number of unbranched alkanes of at least 4 members (excludes halogenated alkanes) is 1. The van der Waals surface area contributed by atoms with Crippen molar-refractivity contribution in [2.75, 3.05) is 26.5 Å². The van der Waals surface area contributed by atoms with Gasteiger partial charge in [0.2, 0.25) is 0 Å². The van der Waals surface area contributed by atoms with Crippen molar-refractivity contribution in [3.63, 3.8) is 0 Å². The monoisotopic (exact) mass is 342 g/mol. The fourth-order valence-corrected chi connectivity index (χ4v) is 3.88. The number of fused-ring (bicyclic) bond motifs is 2. The van der Waals surface area contributed by atoms with Crippen molar-refractivity contribution in [3.8, 4) is 11.5 Å². The molecule has 0 amide bonds. The molecule has 4 nitrogen and oxygen atoms in total. The molecule has 0 aliphatic rings. The molecule has 0 fully saturated rings. The Bertz CT molecular complexity index is 790. The average Bonchev–Trinajstić information content (AvgIpc) is 2.63. The van der Waals surface area contributed by atoms with E-state index in [2.05, 4.69) is 12.1 Å². The van der Waals surface area contributed by atoms with E-state index < -0.39 is 0 Å². The number of ether oxygens (including phenoxy) is 2. The first-order chi connectivity index (χ1) is 11.8. The van der Waals surface area contributed by atoms with Crippen LogP contribution in [0.3, 0.4) is 0 Å². The van der Waals surface area contributed by atoms with Crippen molar-refractivity contribution in [1.82, 2.24) is 4.98 Å². The number of thioether (sulfide) groups is 1. The first-order valence-corrected chi connectivity index (χ1v) is 9.03. The summed E-state index contributed by atoms with van der Waals surface area (Å²) in [6.45, 7) is 0.736. The van der Waals surface area contributed by atoms with Gasteiger partial charge in [-0.05, 0) is 61.5 Å². The topological polar surface area (TPSA) is 57.4 Å². The van der Waals surface area contributed by atoms with Crippen LogP contribution in [0.5, 0.6) is 11.5 Å². The Kier molecular flexibility index (Phi) is 5.43. The zero-order chi connectivity index (χ0) is 16.9. The number of benzene rings is 2. The number of nitrogens with zero attached hydrogens (tertiary/aromatic N) is 1. The van der Waals surface area contributed by atoms with Gasteiger partial charge in [0.25, 0.3) is 0 Å². The molecule has 126 valence electrons. The summed E-state index contributed by atoms with van der Waals surface area (Å²) >= 11 is 1.85. The molecule has 5 heteroatoms. The maximum atomic E-state index is 5.61. The Morgan fingerprint density at radius 3 is 2.00 bits per heavy atom. The lowest BCUT2D eigenvalue weighted by Crippen LogP contribution is -1.98. The number of hydrogen-bond donors (Lipinski definition) is 1. The van der Waals surface area contributed by atoms with Crippen LogP contribution in [-0.4, -0.2) is 31.5 Å². The zero-order valence-corrected chi connectivity index (χ0v) is 14.9. The van der Waals surface area contributed by atoms with E-state index in [4.69, 9.17) is 20.2 Å². The Hall–Kier alpha value is -1.98. The molecule has 24 heavy (non-hydrogen) atoms. The fraction of sp³-hybridized carbons (Fsp3) is 0.316. The molecule has 0 bridgehead atoms. The highest BCUT2D eigenvalue weighted by Crippen LogP contribution is 2.37. The molecule has 3 aromatic rings. The van der Waals surface area contributed by atoms with Gasteiger partial charge in [-0.1, -0.05) is 0 Å². The van der Waals surface area contributed by atoms with Crippen molar-refractivity contribution in [1.29, 1.82) is 0 Å². The lowest BCUT2D eigenvalue weighted by Gasteiger charge is -2.12. The molecule has 0 radical (unpaired) electrons. The van der Waals surface area contributed by atoms with E-state index in [0.717, 1.165) is 58.4 Å². The summed E-state index contributed by atoms with van der Waals surface area (Å²) in [6.07, 6.45) is 2.14. The van der Waals surface area contributed by atoms with E-state index in [1.54, 1.807) is 14.2 Å². The van der Waals surface area contributed by atoms with Crippen LogP contribution in [0.1, 0.15) is 12.8 Å². The number of hydrogen-bond acceptors (Lipinski definition) is 5. The number of rotatable bonds is 7. The van der Waals surface area contributed by atoms with Gasteiger partial charge in [0, 0.05) is 15.7 Å². The largest absolute Gasteiger partial charge is 0.497 e. The van der Waals surface area contributed by atoms with Crippen molar-refractivity contribution >= 4 is 33.6 Å². The highest BCUT2D eigenvalue weighted by atomic mass is 32.2. The van der Waals surface area contributed by atoms with Gasteiger partial charge in [0.1, 0.15) is 11.5 Å². The minimum atomic E-state index is 0.736. The smallest absolute Gasteiger partial charge is 0.119 e. The van der Waals surface area contributed by atoms with Crippen LogP contribution in [0, 0.1) is 0 Å². The Morgan fingerprint density at radius 1 is 0.917 bits per heavy atom. The highest BCUT2D eigenvalue weighted by Gasteiger charge is 2.12. The molecular formula is C19H22N2O2S. The number of aromatic nitrogens is 1. The highest BCUT2D eigenvalue weighted by molar-refractivity contribution is 7.99. The van der Waals surface area contributed by atoms with Gasteiger partial charge >= 0.3 is 0 Å². The Labute approximate surface area is 146 Å². The van der Waals surface area contributed by atoms with E-state index in [9.17, 15) is 0 Å². The van der Waals surface area contributed by atoms with Crippen LogP contribution < -0.4 is 15.2 Å². The van der Waals surface area contributed by atoms with E-state index in [1.165, 1.54) is 4.90 Å². The summed E-state index contributed by atoms with van der Waals surface area (Å²) in [5, 5.41) is 2.24. The first-order valence-electron chi connectivity index (χ1n) is 8.05. The molecule has 0 aliphatic heterocycles. The standard InChI is InChI=1S/C19H22N2O2S/c1-22-13-5-7-17-15(11-13)19(24-10-4-3-9-20)16-12-14(23-2)6-8-18(16)21-17/h5-8,11-12H,3-4,9-10,20H2,1-2H3. The van der Waals surface area contributed by atoms with E-state index >= 15 is 0 Å². The van der Waals surface area contributed by atoms with Gasteiger partial charge in [-0.2, -0.15) is 0 Å². The fourth-order valence-electron chi connectivity index (χ4n) is 2.69. The van der Waals surface area contributed by atoms with Crippen molar-refractivity contribution < 1.29 is 9.47 Å². The van der Waals surface area contributed by atoms with E-state index in [-0.39, 0.29) is 0 Å². The third-order valence-corrected chi connectivity index (χ3v) is 5.20. The van der Waals surface area contributed by atoms with Gasteiger partial charge < -0.3 is 15.2 Å². The second-order valence-corrected chi connectivity index (χ2v) is 6.66. The maximum absolute atomic E-state index is 5.61. The van der Waals surface area contributed by atoms with E-state index in [1.807, 2.05) is 36.0 Å². The second kappa shape index (κ2) is 7.73. The average molecular weight is 342 g/mol. The van der Waals surface area contributed by atoms with Crippen LogP contribution in [0.4, 0.5) is 0 Å². The van der Waals surface area contributed by atoms with Crippen molar-refractivity contribution in [3.05, 3.63) is 36.4 Å². The van der Waals surface area contributed by atoms with Gasteiger partial charge in [0.15, 0.2) is 0 Å². The molecule has 1 heterocycles. The molecular weight excluding hydrogens is 320 g/mol. The first kappa shape index (κ1) is 16.9. The summed E-state index contributed by atoms with van der Waals surface area (Å²) in [5.74, 6) is 2.71. The van der Waals surface area contributed by atoms with Crippen molar-refractivity contribution in [2.45, 2.75) is 17.7 Å². The van der Waals surface area contributed by atoms with E-state index in [0.29, 0.717) is 0 Å². The summed E-state index contributed by atoms with van der Waals surface area (Å²) in [7, 11) is 3.37. The third kappa shape index (κ3) is 3.42. The van der Waals surface area contributed by atoms with Crippen LogP contribution >= 0.6 is 11.8 Å². The lowest BCUT2D eigenvalue weighted by molar-refractivity contribution is 0.415. The predicted molar refractivity (Wildman–Crippen MR) is 101 cm³/mol. The van der Waals surface area contributed by atoms with Crippen LogP contribution in [0.2, 0.25) is 0 Å². The van der Waals surface area contributed by atoms with Gasteiger partial charge in [-0.3, -0.25) is 0 Å². The molecule has 0 saturated heterocycles. The predicted octanol–water partition coefficient (Wildman–Crippen LogP) is 4.24. The number of nitrogens with two attached hydrogens (primary N) is 1. The van der Waals surface area contributed by atoms with Gasteiger partial charge in [-0.15, -0.1) is 11.8 Å². The molecule has 1 aromatic heterocycles. The number of pyridine rings is 1. The lowest BCUT2D eigenvalue weighted by atomic mass is 10.1. The molecule has 2 aromatic carbocycles. The quantitative estimate of drug-likeness (QED) is 0.395.